The van der Waals surface area contributed by atoms with Gasteiger partial charge in [-0.15, -0.1) is 0 Å². The van der Waals surface area contributed by atoms with Crippen molar-refractivity contribution in [1.29, 1.82) is 5.26 Å². The molecule has 1 aliphatic carbocycles. The van der Waals surface area contributed by atoms with Gasteiger partial charge in [0.05, 0.1) is 28.4 Å². The van der Waals surface area contributed by atoms with E-state index in [9.17, 15) is 5.26 Å². The third-order valence-electron chi connectivity index (χ3n) is 11.2. The minimum absolute atomic E-state index is 0.597. The van der Waals surface area contributed by atoms with Crippen molar-refractivity contribution in [3.05, 3.63) is 240 Å². The highest BCUT2D eigenvalue weighted by atomic mass is 14.9. The van der Waals surface area contributed by atoms with Gasteiger partial charge in [-0.05, 0) is 79.9 Å². The zero-order valence-corrected chi connectivity index (χ0v) is 31.0. The van der Waals surface area contributed by atoms with Crippen LogP contribution in [0.15, 0.2) is 212 Å². The van der Waals surface area contributed by atoms with Gasteiger partial charge in [-0.1, -0.05) is 188 Å². The molecular formula is C54H35N3. The van der Waals surface area contributed by atoms with Crippen LogP contribution in [0.5, 0.6) is 0 Å². The van der Waals surface area contributed by atoms with Gasteiger partial charge in [0.1, 0.15) is 0 Å². The fourth-order valence-electron chi connectivity index (χ4n) is 8.49. The first-order valence-electron chi connectivity index (χ1n) is 19.2. The number of nitrogens with zero attached hydrogens (tertiary/aromatic N) is 3. The average Bonchev–Trinajstić information content (AvgIpc) is 3.59. The molecule has 3 nitrogen and oxygen atoms in total. The van der Waals surface area contributed by atoms with E-state index in [-0.39, 0.29) is 0 Å². The van der Waals surface area contributed by atoms with Crippen LogP contribution in [-0.4, -0.2) is 9.97 Å². The molecule has 0 saturated carbocycles. The van der Waals surface area contributed by atoms with Gasteiger partial charge in [-0.3, -0.25) is 0 Å². The lowest BCUT2D eigenvalue weighted by molar-refractivity contribution is 0.768. The number of hydrogen-bond donors (Lipinski definition) is 0. The van der Waals surface area contributed by atoms with E-state index in [1.165, 1.54) is 33.4 Å². The quantitative estimate of drug-likeness (QED) is 0.164. The molecule has 0 fully saturated rings. The van der Waals surface area contributed by atoms with E-state index in [4.69, 9.17) is 9.97 Å². The Hall–Kier alpha value is -7.67. The monoisotopic (exact) mass is 725 g/mol. The first-order chi connectivity index (χ1) is 28.2. The van der Waals surface area contributed by atoms with E-state index in [2.05, 4.69) is 188 Å². The van der Waals surface area contributed by atoms with Crippen LogP contribution in [0.3, 0.4) is 0 Å². The highest BCUT2D eigenvalue weighted by molar-refractivity contribution is 5.89. The maximum Gasteiger partial charge on any atom is 0.160 e. The van der Waals surface area contributed by atoms with Crippen molar-refractivity contribution >= 4 is 0 Å². The molecule has 0 aliphatic heterocycles. The number of hydrogen-bond acceptors (Lipinski definition) is 3. The fourth-order valence-corrected chi connectivity index (χ4v) is 8.49. The SMILES string of the molecule is N#Cc1ccc2c(c1)C(c1ccccc1)(c1ccccc1)c1cc(-c3ccc(-c4cc(-c5ccc(-c6ccccc6)cc5)nc(-c5ccccc5)n4)cc3)ccc1-2. The smallest absolute Gasteiger partial charge is 0.160 e. The summed E-state index contributed by atoms with van der Waals surface area (Å²) in [4.78, 5) is 10.2. The third-order valence-corrected chi connectivity index (χ3v) is 11.2. The van der Waals surface area contributed by atoms with Crippen molar-refractivity contribution in [3.8, 4) is 73.4 Å². The van der Waals surface area contributed by atoms with E-state index in [1.54, 1.807) is 0 Å². The molecule has 1 heterocycles. The lowest BCUT2D eigenvalue weighted by atomic mass is 9.67. The molecule has 57 heavy (non-hydrogen) atoms. The summed E-state index contributed by atoms with van der Waals surface area (Å²) >= 11 is 0. The van der Waals surface area contributed by atoms with Crippen molar-refractivity contribution in [2.45, 2.75) is 5.41 Å². The molecule has 10 rings (SSSR count). The largest absolute Gasteiger partial charge is 0.228 e. The van der Waals surface area contributed by atoms with Crippen LogP contribution in [0.25, 0.3) is 67.3 Å². The minimum Gasteiger partial charge on any atom is -0.228 e. The van der Waals surface area contributed by atoms with Crippen LogP contribution < -0.4 is 0 Å². The number of rotatable bonds is 7. The first-order valence-corrected chi connectivity index (χ1v) is 19.2. The number of fused-ring (bicyclic) bond motifs is 3. The molecule has 0 saturated heterocycles. The van der Waals surface area contributed by atoms with Crippen LogP contribution in [0.2, 0.25) is 0 Å². The van der Waals surface area contributed by atoms with E-state index in [1.807, 2.05) is 30.3 Å². The number of aromatic nitrogens is 2. The number of benzene rings is 8. The molecule has 1 aromatic heterocycles. The van der Waals surface area contributed by atoms with Gasteiger partial charge in [0, 0.05) is 16.7 Å². The lowest BCUT2D eigenvalue weighted by Gasteiger charge is -2.34. The minimum atomic E-state index is -0.597. The predicted octanol–water partition coefficient (Wildman–Crippen LogP) is 13.0. The van der Waals surface area contributed by atoms with E-state index < -0.39 is 5.41 Å². The summed E-state index contributed by atoms with van der Waals surface area (Å²) in [5, 5.41) is 10.0. The zero-order chi connectivity index (χ0) is 38.2. The molecule has 1 aliphatic rings. The highest BCUT2D eigenvalue weighted by Crippen LogP contribution is 2.57. The topological polar surface area (TPSA) is 49.6 Å². The predicted molar refractivity (Wildman–Crippen MR) is 231 cm³/mol. The van der Waals surface area contributed by atoms with Gasteiger partial charge in [0.15, 0.2) is 5.82 Å². The maximum absolute atomic E-state index is 10.0. The van der Waals surface area contributed by atoms with Crippen LogP contribution in [0.4, 0.5) is 0 Å². The van der Waals surface area contributed by atoms with Crippen LogP contribution in [-0.2, 0) is 5.41 Å². The molecule has 3 heteroatoms. The molecule has 266 valence electrons. The molecule has 0 unspecified atom stereocenters. The Morgan fingerprint density at radius 2 is 0.754 bits per heavy atom. The Morgan fingerprint density at radius 1 is 0.351 bits per heavy atom. The average molecular weight is 726 g/mol. The third kappa shape index (κ3) is 5.92. The molecule has 0 N–H and O–H groups in total. The molecule has 0 spiro atoms. The summed E-state index contributed by atoms with van der Waals surface area (Å²) in [5.74, 6) is 0.690. The molecule has 0 radical (unpaired) electrons. The van der Waals surface area contributed by atoms with Gasteiger partial charge in [-0.25, -0.2) is 9.97 Å². The summed E-state index contributed by atoms with van der Waals surface area (Å²) in [6.07, 6.45) is 0. The molecule has 0 atom stereocenters. The second-order valence-corrected chi connectivity index (χ2v) is 14.5. The fraction of sp³-hybridized carbons (Fsp3) is 0.0185. The van der Waals surface area contributed by atoms with E-state index >= 15 is 0 Å². The van der Waals surface area contributed by atoms with Gasteiger partial charge >= 0.3 is 0 Å². The Labute approximate surface area is 332 Å². The number of nitriles is 1. The maximum atomic E-state index is 10.0. The summed E-state index contributed by atoms with van der Waals surface area (Å²) in [6, 6.07) is 76.8. The van der Waals surface area contributed by atoms with Gasteiger partial charge < -0.3 is 0 Å². The molecule has 0 bridgehead atoms. The molecule has 0 amide bonds. The van der Waals surface area contributed by atoms with Crippen molar-refractivity contribution in [2.24, 2.45) is 0 Å². The van der Waals surface area contributed by atoms with Crippen molar-refractivity contribution in [3.63, 3.8) is 0 Å². The van der Waals surface area contributed by atoms with Crippen LogP contribution >= 0.6 is 0 Å². The summed E-state index contributed by atoms with van der Waals surface area (Å²) in [7, 11) is 0. The zero-order valence-electron chi connectivity index (χ0n) is 31.0. The van der Waals surface area contributed by atoms with E-state index in [0.717, 1.165) is 50.3 Å². The van der Waals surface area contributed by atoms with Crippen LogP contribution in [0.1, 0.15) is 27.8 Å². The lowest BCUT2D eigenvalue weighted by Crippen LogP contribution is -2.28. The molecular weight excluding hydrogens is 691 g/mol. The van der Waals surface area contributed by atoms with Gasteiger partial charge in [-0.2, -0.15) is 5.26 Å². The Balaban J connectivity index is 1.07. The standard InChI is InChI=1S/C54H35N3/c55-36-37-21-31-47-48-32-30-44(34-50(48)54(49(47)33-37,45-17-9-3-10-18-45)46-19-11-4-12-20-46)40-24-28-42(29-25-40)52-35-51(56-53(57-52)43-15-7-2-8-16-43)41-26-22-39(23-27-41)38-13-5-1-6-14-38/h1-35H. The highest BCUT2D eigenvalue weighted by Gasteiger charge is 2.46. The molecule has 8 aromatic carbocycles. The second-order valence-electron chi connectivity index (χ2n) is 14.5. The summed E-state index contributed by atoms with van der Waals surface area (Å²) < 4.78 is 0. The Bertz CT molecular complexity index is 2880. The van der Waals surface area contributed by atoms with Crippen molar-refractivity contribution in [2.75, 3.05) is 0 Å². The molecule has 9 aromatic rings. The van der Waals surface area contributed by atoms with Crippen molar-refractivity contribution in [1.82, 2.24) is 9.97 Å². The van der Waals surface area contributed by atoms with Crippen molar-refractivity contribution < 1.29 is 0 Å². The van der Waals surface area contributed by atoms with E-state index in [0.29, 0.717) is 11.4 Å². The normalized spacial score (nSPS) is 12.3. The second kappa shape index (κ2) is 14.2. The first kappa shape index (κ1) is 33.9. The Morgan fingerprint density at radius 3 is 1.28 bits per heavy atom. The Kier molecular flexibility index (Phi) is 8.43. The van der Waals surface area contributed by atoms with Gasteiger partial charge in [0.2, 0.25) is 0 Å². The summed E-state index contributed by atoms with van der Waals surface area (Å²) in [6.45, 7) is 0. The summed E-state index contributed by atoms with van der Waals surface area (Å²) in [5.41, 5.74) is 16.4. The van der Waals surface area contributed by atoms with Gasteiger partial charge in [0.25, 0.3) is 0 Å². The van der Waals surface area contributed by atoms with Crippen LogP contribution in [0, 0.1) is 11.3 Å².